The van der Waals surface area contributed by atoms with Crippen molar-refractivity contribution in [3.05, 3.63) is 10.1 Å². The van der Waals surface area contributed by atoms with Crippen molar-refractivity contribution >= 4 is 49.4 Å². The first-order valence-electron chi connectivity index (χ1n) is 8.96. The smallest absolute Gasteiger partial charge is 0.350 e. The molecule has 10 heteroatoms. The number of carboxylic acid groups (broad SMARTS) is 1. The van der Waals surface area contributed by atoms with Crippen molar-refractivity contribution in [2.24, 2.45) is 5.92 Å². The molecule has 1 fully saturated rings. The van der Waals surface area contributed by atoms with Crippen LogP contribution < -0.4 is 0 Å². The Balaban J connectivity index is 3.10. The molecular formula is C18H29Cl2NO6Si. The van der Waals surface area contributed by atoms with Gasteiger partial charge in [0.2, 0.25) is 5.91 Å². The summed E-state index contributed by atoms with van der Waals surface area (Å²) in [5.74, 6) is -2.79. The Morgan fingerprint density at radius 3 is 2.25 bits per heavy atom. The van der Waals surface area contributed by atoms with Crippen molar-refractivity contribution in [2.75, 3.05) is 13.7 Å². The number of rotatable bonds is 8. The largest absolute Gasteiger partial charge is 0.480 e. The highest BCUT2D eigenvalue weighted by atomic mass is 35.5. The normalized spacial score (nSPS) is 22.3. The summed E-state index contributed by atoms with van der Waals surface area (Å²) in [7, 11) is -0.967. The lowest BCUT2D eigenvalue weighted by atomic mass is 9.81. The molecule has 1 saturated heterocycles. The zero-order valence-electron chi connectivity index (χ0n) is 17.3. The number of nitrogens with zero attached hydrogens (tertiary/aromatic N) is 1. The molecule has 0 aliphatic carbocycles. The standard InChI is InChI=1S/C18H29Cl2NO6Si/c1-10(27-28(6,7)18(2,3)4)14-12(21(16(14)24)9-13(22)23)8-11(19)15(20)17(25)26-5/h10,12,14H,8-9H2,1-7H3,(H,22,23). The van der Waals surface area contributed by atoms with Crippen LogP contribution in [0.4, 0.5) is 0 Å². The van der Waals surface area contributed by atoms with E-state index in [1.54, 1.807) is 0 Å². The van der Waals surface area contributed by atoms with Crippen LogP contribution in [0, 0.1) is 5.92 Å². The van der Waals surface area contributed by atoms with Gasteiger partial charge in [-0.3, -0.25) is 9.59 Å². The first kappa shape index (κ1) is 24.9. The monoisotopic (exact) mass is 453 g/mol. The maximum Gasteiger partial charge on any atom is 0.350 e. The minimum atomic E-state index is -2.14. The summed E-state index contributed by atoms with van der Waals surface area (Å²) in [6.07, 6.45) is -0.380. The average Bonchev–Trinajstić information content (AvgIpc) is 2.55. The van der Waals surface area contributed by atoms with Crippen molar-refractivity contribution in [3.8, 4) is 0 Å². The van der Waals surface area contributed by atoms with E-state index in [9.17, 15) is 14.4 Å². The number of carbonyl (C=O) groups excluding carboxylic acids is 2. The summed E-state index contributed by atoms with van der Waals surface area (Å²) in [4.78, 5) is 36.6. The van der Waals surface area contributed by atoms with E-state index in [1.165, 1.54) is 12.0 Å². The van der Waals surface area contributed by atoms with Crippen molar-refractivity contribution < 1.29 is 28.7 Å². The molecule has 0 aromatic heterocycles. The molecule has 0 radical (unpaired) electrons. The maximum absolute atomic E-state index is 12.6. The summed E-state index contributed by atoms with van der Waals surface area (Å²) in [5.41, 5.74) is 0. The number of carboxylic acids is 1. The fraction of sp³-hybridized carbons (Fsp3) is 0.722. The molecule has 1 amide bonds. The molecule has 28 heavy (non-hydrogen) atoms. The van der Waals surface area contributed by atoms with Gasteiger partial charge in [0.25, 0.3) is 0 Å². The second-order valence-corrected chi connectivity index (χ2v) is 14.0. The van der Waals surface area contributed by atoms with Gasteiger partial charge in [0.15, 0.2) is 8.32 Å². The van der Waals surface area contributed by atoms with E-state index in [1.807, 2.05) is 6.92 Å². The molecule has 0 aromatic rings. The van der Waals surface area contributed by atoms with E-state index in [2.05, 4.69) is 38.6 Å². The molecule has 1 aliphatic rings. The molecule has 160 valence electrons. The van der Waals surface area contributed by atoms with E-state index < -0.39 is 44.9 Å². The molecule has 0 bridgehead atoms. The molecule has 1 rings (SSSR count). The Labute approximate surface area is 177 Å². The predicted octanol–water partition coefficient (Wildman–Crippen LogP) is 3.56. The summed E-state index contributed by atoms with van der Waals surface area (Å²) < 4.78 is 10.9. The van der Waals surface area contributed by atoms with Crippen LogP contribution in [-0.2, 0) is 23.5 Å². The molecule has 3 unspecified atom stereocenters. The number of hydrogen-bond acceptors (Lipinski definition) is 5. The van der Waals surface area contributed by atoms with Gasteiger partial charge in [0.1, 0.15) is 11.6 Å². The number of halogens is 2. The van der Waals surface area contributed by atoms with Gasteiger partial charge < -0.3 is 19.2 Å². The van der Waals surface area contributed by atoms with Gasteiger partial charge in [0.05, 0.1) is 25.2 Å². The third-order valence-electron chi connectivity index (χ3n) is 5.47. The number of hydrogen-bond donors (Lipinski definition) is 1. The molecular weight excluding hydrogens is 425 g/mol. The highest BCUT2D eigenvalue weighted by Crippen LogP contribution is 2.42. The van der Waals surface area contributed by atoms with Gasteiger partial charge in [-0.25, -0.2) is 4.79 Å². The van der Waals surface area contributed by atoms with Crippen LogP contribution in [0.3, 0.4) is 0 Å². The van der Waals surface area contributed by atoms with Crippen LogP contribution in [0.15, 0.2) is 10.1 Å². The first-order valence-corrected chi connectivity index (χ1v) is 12.6. The van der Waals surface area contributed by atoms with Crippen LogP contribution in [0.5, 0.6) is 0 Å². The Kier molecular flexibility index (Phi) is 8.15. The number of aliphatic carboxylic acids is 1. The number of ether oxygens (including phenoxy) is 1. The third kappa shape index (κ3) is 5.49. The average molecular weight is 454 g/mol. The number of methoxy groups -OCH3 is 1. The predicted molar refractivity (Wildman–Crippen MR) is 110 cm³/mol. The van der Waals surface area contributed by atoms with Crippen LogP contribution in [0.2, 0.25) is 18.1 Å². The Hall–Kier alpha value is -1.09. The number of esters is 1. The lowest BCUT2D eigenvalue weighted by Crippen LogP contribution is -2.66. The third-order valence-corrected chi connectivity index (χ3v) is 10.9. The van der Waals surface area contributed by atoms with Gasteiger partial charge in [-0.05, 0) is 25.1 Å². The molecule has 0 aromatic carbocycles. The molecule has 7 nitrogen and oxygen atoms in total. The Morgan fingerprint density at radius 1 is 1.29 bits per heavy atom. The lowest BCUT2D eigenvalue weighted by Gasteiger charge is -2.51. The Bertz CT molecular complexity index is 673. The lowest BCUT2D eigenvalue weighted by molar-refractivity contribution is -0.168. The zero-order valence-corrected chi connectivity index (χ0v) is 19.8. The number of β-lactam (4-membered cyclic amide) rings is 1. The zero-order chi connectivity index (χ0) is 22.0. The van der Waals surface area contributed by atoms with Crippen molar-refractivity contribution in [1.82, 2.24) is 4.90 Å². The molecule has 1 aliphatic heterocycles. The molecule has 3 atom stereocenters. The summed E-state index contributed by atoms with van der Waals surface area (Å²) in [5, 5.41) is 8.80. The van der Waals surface area contributed by atoms with E-state index in [0.29, 0.717) is 0 Å². The highest BCUT2D eigenvalue weighted by Gasteiger charge is 2.53. The molecule has 1 N–H and O–H groups in total. The van der Waals surface area contributed by atoms with Crippen LogP contribution >= 0.6 is 23.2 Å². The highest BCUT2D eigenvalue weighted by molar-refractivity contribution is 6.74. The van der Waals surface area contributed by atoms with Crippen LogP contribution in [0.1, 0.15) is 34.1 Å². The minimum absolute atomic E-state index is 0.0194. The molecule has 0 saturated carbocycles. The van der Waals surface area contributed by atoms with Crippen molar-refractivity contribution in [2.45, 2.75) is 64.4 Å². The van der Waals surface area contributed by atoms with Gasteiger partial charge in [-0.2, -0.15) is 0 Å². The first-order chi connectivity index (χ1) is 12.6. The number of amides is 1. The summed E-state index contributed by atoms with van der Waals surface area (Å²) >= 11 is 12.1. The van der Waals surface area contributed by atoms with E-state index in [4.69, 9.17) is 32.7 Å². The summed E-state index contributed by atoms with van der Waals surface area (Å²) in [6, 6.07) is -0.533. The van der Waals surface area contributed by atoms with E-state index in [-0.39, 0.29) is 27.4 Å². The SMILES string of the molecule is COC(=O)C(Cl)=C(Cl)CC1C(C(C)O[Si](C)(C)C(C)(C)C)C(=O)N1CC(=O)O. The topological polar surface area (TPSA) is 93.1 Å². The fourth-order valence-corrected chi connectivity index (χ4v) is 4.73. The van der Waals surface area contributed by atoms with Crippen molar-refractivity contribution in [3.63, 3.8) is 0 Å². The molecule has 0 spiro atoms. The van der Waals surface area contributed by atoms with E-state index >= 15 is 0 Å². The van der Waals surface area contributed by atoms with Crippen LogP contribution in [0.25, 0.3) is 0 Å². The quantitative estimate of drug-likeness (QED) is 0.261. The number of likely N-dealkylation sites (tertiary alicyclic amines) is 1. The van der Waals surface area contributed by atoms with Gasteiger partial charge >= 0.3 is 11.9 Å². The molecule has 1 heterocycles. The second-order valence-electron chi connectivity index (χ2n) is 8.45. The fourth-order valence-electron chi connectivity index (χ4n) is 2.91. The number of carbonyl (C=O) groups is 3. The van der Waals surface area contributed by atoms with Crippen LogP contribution in [-0.4, -0.2) is 62.0 Å². The van der Waals surface area contributed by atoms with Gasteiger partial charge in [0, 0.05) is 11.5 Å². The summed E-state index contributed by atoms with van der Waals surface area (Å²) in [6.45, 7) is 11.8. The van der Waals surface area contributed by atoms with Crippen molar-refractivity contribution in [1.29, 1.82) is 0 Å². The van der Waals surface area contributed by atoms with Gasteiger partial charge in [-0.1, -0.05) is 44.0 Å². The minimum Gasteiger partial charge on any atom is -0.480 e. The second kappa shape index (κ2) is 9.15. The maximum atomic E-state index is 12.6. The Morgan fingerprint density at radius 2 is 1.82 bits per heavy atom. The van der Waals surface area contributed by atoms with Gasteiger partial charge in [-0.15, -0.1) is 0 Å². The van der Waals surface area contributed by atoms with E-state index in [0.717, 1.165) is 0 Å².